The summed E-state index contributed by atoms with van der Waals surface area (Å²) in [5.74, 6) is 0.751. The van der Waals surface area contributed by atoms with Crippen LogP contribution in [0.25, 0.3) is 39.4 Å². The number of hydrogen-bond donors (Lipinski definition) is 0. The molecule has 30 heavy (non-hydrogen) atoms. The largest absolute Gasteiger partial charge is 0.332 e. The summed E-state index contributed by atoms with van der Waals surface area (Å²) in [4.78, 5) is 17.6. The molecule has 0 atom stereocenters. The highest BCUT2D eigenvalue weighted by Crippen LogP contribution is 2.27. The summed E-state index contributed by atoms with van der Waals surface area (Å²) in [6.07, 6.45) is 0. The van der Waals surface area contributed by atoms with E-state index in [1.165, 1.54) is 10.2 Å². The molecule has 5 aromatic rings. The number of fused-ring (bicyclic) bond motifs is 1. The van der Waals surface area contributed by atoms with E-state index in [1.54, 1.807) is 6.07 Å². The molecule has 0 amide bonds. The van der Waals surface area contributed by atoms with Crippen molar-refractivity contribution in [2.24, 2.45) is 0 Å². The highest BCUT2D eigenvalue weighted by atomic mass is 16.5. The lowest BCUT2D eigenvalue weighted by Crippen LogP contribution is -2.22. The van der Waals surface area contributed by atoms with Crippen LogP contribution in [0.2, 0.25) is 0 Å². The fraction of sp³-hybridized carbons (Fsp3) is 0.0833. The maximum absolute atomic E-state index is 13.0. The maximum atomic E-state index is 13.0. The van der Waals surface area contributed by atoms with Gasteiger partial charge in [0.05, 0.1) is 11.1 Å². The van der Waals surface area contributed by atoms with E-state index >= 15 is 0 Å². The number of aromatic nitrogens is 4. The van der Waals surface area contributed by atoms with Crippen LogP contribution in [0.1, 0.15) is 11.1 Å². The molecule has 0 aliphatic heterocycles. The Morgan fingerprint density at radius 3 is 2.33 bits per heavy atom. The lowest BCUT2D eigenvalue weighted by atomic mass is 10.1. The van der Waals surface area contributed by atoms with Crippen LogP contribution in [-0.4, -0.2) is 19.9 Å². The first-order valence-corrected chi connectivity index (χ1v) is 9.61. The fourth-order valence-electron chi connectivity index (χ4n) is 3.41. The number of aryl methyl sites for hydroxylation is 2. The van der Waals surface area contributed by atoms with Crippen LogP contribution in [0.3, 0.4) is 0 Å². The molecule has 0 aliphatic rings. The van der Waals surface area contributed by atoms with E-state index in [1.807, 2.05) is 73.7 Å². The summed E-state index contributed by atoms with van der Waals surface area (Å²) in [5, 5.41) is 9.95. The monoisotopic (exact) mass is 394 g/mol. The van der Waals surface area contributed by atoms with Crippen LogP contribution < -0.4 is 5.56 Å². The fourth-order valence-corrected chi connectivity index (χ4v) is 3.41. The van der Waals surface area contributed by atoms with Gasteiger partial charge in [0.1, 0.15) is 0 Å². The van der Waals surface area contributed by atoms with Crippen LogP contribution in [0.4, 0.5) is 0 Å². The highest BCUT2D eigenvalue weighted by Gasteiger charge is 2.19. The van der Waals surface area contributed by atoms with Gasteiger partial charge in [-0.3, -0.25) is 4.79 Å². The van der Waals surface area contributed by atoms with Gasteiger partial charge in [-0.2, -0.15) is 14.8 Å². The first-order chi connectivity index (χ1) is 14.6. The van der Waals surface area contributed by atoms with Crippen LogP contribution in [0.15, 0.2) is 82.1 Å². The van der Waals surface area contributed by atoms with Gasteiger partial charge in [0.15, 0.2) is 5.69 Å². The van der Waals surface area contributed by atoms with Crippen LogP contribution in [-0.2, 0) is 0 Å². The van der Waals surface area contributed by atoms with E-state index in [9.17, 15) is 4.79 Å². The van der Waals surface area contributed by atoms with Gasteiger partial charge in [-0.1, -0.05) is 53.7 Å². The SMILES string of the molecule is Cc1ccc(-c2noc(-c3nn(-c4ccccc4)c(=O)c4ccccc34)n2)cc1C. The Morgan fingerprint density at radius 2 is 1.57 bits per heavy atom. The normalized spacial score (nSPS) is 11.1. The van der Waals surface area contributed by atoms with E-state index < -0.39 is 0 Å². The average molecular weight is 394 g/mol. The number of benzene rings is 3. The summed E-state index contributed by atoms with van der Waals surface area (Å²) < 4.78 is 6.95. The topological polar surface area (TPSA) is 73.8 Å². The minimum atomic E-state index is -0.200. The molecule has 0 N–H and O–H groups in total. The zero-order chi connectivity index (χ0) is 20.7. The molecule has 6 nitrogen and oxygen atoms in total. The van der Waals surface area contributed by atoms with Gasteiger partial charge in [-0.15, -0.1) is 0 Å². The number of rotatable bonds is 3. The molecule has 0 spiro atoms. The third kappa shape index (κ3) is 2.99. The van der Waals surface area contributed by atoms with E-state index in [-0.39, 0.29) is 11.4 Å². The summed E-state index contributed by atoms with van der Waals surface area (Å²) in [5.41, 5.74) is 4.16. The molecule has 3 aromatic carbocycles. The predicted octanol–water partition coefficient (Wildman–Crippen LogP) is 4.72. The average Bonchev–Trinajstić information content (AvgIpc) is 3.27. The molecule has 0 saturated heterocycles. The molecule has 0 saturated carbocycles. The Bertz CT molecular complexity index is 1440. The summed E-state index contributed by atoms with van der Waals surface area (Å²) in [7, 11) is 0. The van der Waals surface area contributed by atoms with Crippen molar-refractivity contribution in [3.63, 3.8) is 0 Å². The molecular weight excluding hydrogens is 376 g/mol. The highest BCUT2D eigenvalue weighted by molar-refractivity contribution is 5.92. The van der Waals surface area contributed by atoms with Crippen LogP contribution in [0.5, 0.6) is 0 Å². The van der Waals surface area contributed by atoms with Gasteiger partial charge in [0, 0.05) is 10.9 Å². The smallest absolute Gasteiger partial charge is 0.279 e. The Morgan fingerprint density at radius 1 is 0.833 bits per heavy atom. The molecule has 2 heterocycles. The van der Waals surface area contributed by atoms with E-state index in [2.05, 4.69) is 22.2 Å². The molecule has 146 valence electrons. The predicted molar refractivity (Wildman–Crippen MR) is 116 cm³/mol. The molecular formula is C24H18N4O2. The molecule has 0 unspecified atom stereocenters. The second-order valence-corrected chi connectivity index (χ2v) is 7.17. The van der Waals surface area contributed by atoms with Gasteiger partial charge >= 0.3 is 0 Å². The molecule has 2 aromatic heterocycles. The lowest BCUT2D eigenvalue weighted by Gasteiger charge is -2.08. The van der Waals surface area contributed by atoms with Crippen LogP contribution >= 0.6 is 0 Å². The minimum Gasteiger partial charge on any atom is -0.332 e. The molecule has 6 heteroatoms. The summed E-state index contributed by atoms with van der Waals surface area (Å²) in [6.45, 7) is 4.11. The van der Waals surface area contributed by atoms with E-state index in [4.69, 9.17) is 4.52 Å². The molecule has 0 radical (unpaired) electrons. The maximum Gasteiger partial charge on any atom is 0.279 e. The Labute approximate surface area is 172 Å². The zero-order valence-electron chi connectivity index (χ0n) is 16.5. The first kappa shape index (κ1) is 18.0. The van der Waals surface area contributed by atoms with Gasteiger partial charge in [0.2, 0.25) is 5.82 Å². The molecule has 0 bridgehead atoms. The number of nitrogens with zero attached hydrogens (tertiary/aromatic N) is 4. The van der Waals surface area contributed by atoms with Crippen molar-refractivity contribution in [3.8, 4) is 28.7 Å². The van der Waals surface area contributed by atoms with Gasteiger partial charge in [-0.25, -0.2) is 0 Å². The van der Waals surface area contributed by atoms with Gasteiger partial charge < -0.3 is 4.52 Å². The van der Waals surface area contributed by atoms with Crippen LogP contribution in [0, 0.1) is 13.8 Å². The third-order valence-electron chi connectivity index (χ3n) is 5.20. The van der Waals surface area contributed by atoms with E-state index in [0.717, 1.165) is 11.1 Å². The van der Waals surface area contributed by atoms with Crippen molar-refractivity contribution < 1.29 is 4.52 Å². The number of para-hydroxylation sites is 1. The summed E-state index contributed by atoms with van der Waals surface area (Å²) in [6, 6.07) is 22.6. The molecule has 0 aliphatic carbocycles. The van der Waals surface area contributed by atoms with Crippen molar-refractivity contribution in [2.75, 3.05) is 0 Å². The zero-order valence-corrected chi connectivity index (χ0v) is 16.5. The minimum absolute atomic E-state index is 0.200. The lowest BCUT2D eigenvalue weighted by molar-refractivity contribution is 0.430. The summed E-state index contributed by atoms with van der Waals surface area (Å²) >= 11 is 0. The van der Waals surface area contributed by atoms with Gasteiger partial charge in [-0.05, 0) is 49.2 Å². The third-order valence-corrected chi connectivity index (χ3v) is 5.20. The van der Waals surface area contributed by atoms with E-state index in [0.29, 0.717) is 28.0 Å². The van der Waals surface area contributed by atoms with Crippen molar-refractivity contribution in [1.82, 2.24) is 19.9 Å². The standard InChI is InChI=1S/C24H18N4O2/c1-15-12-13-17(14-16(15)2)22-25-23(30-27-22)21-19-10-6-7-11-20(19)24(29)28(26-21)18-8-4-3-5-9-18/h3-14H,1-2H3. The molecule has 0 fully saturated rings. The Kier molecular flexibility index (Phi) is 4.25. The molecule has 5 rings (SSSR count). The van der Waals surface area contributed by atoms with Crippen molar-refractivity contribution in [3.05, 3.63) is 94.3 Å². The second kappa shape index (κ2) is 7.08. The Balaban J connectivity index is 1.71. The second-order valence-electron chi connectivity index (χ2n) is 7.17. The number of hydrogen-bond acceptors (Lipinski definition) is 5. The quantitative estimate of drug-likeness (QED) is 0.443. The van der Waals surface area contributed by atoms with Crippen molar-refractivity contribution in [1.29, 1.82) is 0 Å². The van der Waals surface area contributed by atoms with Crippen molar-refractivity contribution in [2.45, 2.75) is 13.8 Å². The van der Waals surface area contributed by atoms with Gasteiger partial charge in [0.25, 0.3) is 11.4 Å². The first-order valence-electron chi connectivity index (χ1n) is 9.61. The van der Waals surface area contributed by atoms with Crippen molar-refractivity contribution >= 4 is 10.8 Å². The Hall–Kier alpha value is -4.06.